The van der Waals surface area contributed by atoms with Crippen LogP contribution in [0.5, 0.6) is 17.2 Å². The van der Waals surface area contributed by atoms with Gasteiger partial charge < -0.3 is 20.3 Å². The van der Waals surface area contributed by atoms with E-state index < -0.39 is 28.5 Å². The van der Waals surface area contributed by atoms with E-state index in [1.807, 2.05) is 36.6 Å². The highest BCUT2D eigenvalue weighted by Gasteiger charge is 2.56. The zero-order chi connectivity index (χ0) is 27.5. The van der Waals surface area contributed by atoms with Crippen molar-refractivity contribution in [2.24, 2.45) is 0 Å². The Morgan fingerprint density at radius 2 is 1.89 bits per heavy atom. The number of phenolic OH excluding ortho intramolecular Hbond substituents is 2. The molecule has 8 nitrogen and oxygen atoms in total. The second-order valence-corrected chi connectivity index (χ2v) is 10.6. The number of benzene rings is 2. The van der Waals surface area contributed by atoms with E-state index in [2.05, 4.69) is 10.3 Å². The lowest BCUT2D eigenvalue weighted by molar-refractivity contribution is -0.123. The van der Waals surface area contributed by atoms with E-state index in [0.29, 0.717) is 12.2 Å². The summed E-state index contributed by atoms with van der Waals surface area (Å²) in [6, 6.07) is 7.85. The topological polar surface area (TPSA) is 126 Å². The number of allylic oxidation sites excluding steroid dienone is 4. The second-order valence-electron chi connectivity index (χ2n) is 9.73. The van der Waals surface area contributed by atoms with Crippen molar-refractivity contribution in [2.45, 2.75) is 46.6 Å². The standard InChI is InChI=1S/C29H26N2O6S/c1-13-12-38-28(31-13)18-8-6-7-17(9-18)11-30-15(3)21-19(33)10-20-29(5,27(21)36)23-25(35)14(2)24(34)22(16(4)32)26(23)37-20/h6-10,12,30,34-35H,11H2,1-5H3. The molecule has 2 aliphatic rings. The summed E-state index contributed by atoms with van der Waals surface area (Å²) in [4.78, 5) is 43.9. The molecule has 5 rings (SSSR count). The Morgan fingerprint density at radius 1 is 1.16 bits per heavy atom. The zero-order valence-electron chi connectivity index (χ0n) is 21.6. The van der Waals surface area contributed by atoms with E-state index in [4.69, 9.17) is 4.74 Å². The fourth-order valence-electron chi connectivity index (χ4n) is 4.99. The van der Waals surface area contributed by atoms with Crippen molar-refractivity contribution >= 4 is 28.7 Å². The molecule has 0 saturated heterocycles. The number of Topliss-reactive ketones (excluding diaryl/α,β-unsaturated/α-hetero) is 2. The van der Waals surface area contributed by atoms with Gasteiger partial charge in [-0.05, 0) is 46.2 Å². The number of thiazole rings is 1. The average molecular weight is 531 g/mol. The first-order valence-electron chi connectivity index (χ1n) is 12.0. The smallest absolute Gasteiger partial charge is 0.194 e. The number of nitrogens with zero attached hydrogens (tertiary/aromatic N) is 1. The van der Waals surface area contributed by atoms with E-state index in [1.165, 1.54) is 19.9 Å². The van der Waals surface area contributed by atoms with Crippen LogP contribution in [0.4, 0.5) is 0 Å². The van der Waals surface area contributed by atoms with Crippen LogP contribution in [-0.2, 0) is 21.5 Å². The predicted molar refractivity (Wildman–Crippen MR) is 142 cm³/mol. The lowest BCUT2D eigenvalue weighted by atomic mass is 9.70. The Balaban J connectivity index is 1.51. The summed E-state index contributed by atoms with van der Waals surface area (Å²) in [5.41, 5.74) is 1.63. The largest absolute Gasteiger partial charge is 0.507 e. The number of hydrogen-bond donors (Lipinski definition) is 3. The molecule has 0 bridgehead atoms. The van der Waals surface area contributed by atoms with Gasteiger partial charge in [-0.2, -0.15) is 0 Å². The number of fused-ring (bicyclic) bond motifs is 3. The Hall–Kier alpha value is -4.24. The number of ketones is 3. The lowest BCUT2D eigenvalue weighted by Crippen LogP contribution is -2.41. The highest BCUT2D eigenvalue weighted by Crippen LogP contribution is 2.57. The molecule has 0 amide bonds. The van der Waals surface area contributed by atoms with Crippen LogP contribution in [0.15, 0.2) is 52.8 Å². The number of hydrogen-bond acceptors (Lipinski definition) is 9. The fraction of sp³-hybridized carbons (Fsp3) is 0.241. The van der Waals surface area contributed by atoms with Crippen LogP contribution in [-0.4, -0.2) is 32.5 Å². The van der Waals surface area contributed by atoms with Gasteiger partial charge in [-0.15, -0.1) is 11.3 Å². The van der Waals surface area contributed by atoms with E-state index in [-0.39, 0.29) is 39.5 Å². The maximum Gasteiger partial charge on any atom is 0.194 e. The summed E-state index contributed by atoms with van der Waals surface area (Å²) in [5.74, 6) is -2.47. The first-order chi connectivity index (χ1) is 17.9. The van der Waals surface area contributed by atoms with Gasteiger partial charge in [0.25, 0.3) is 0 Å². The number of ether oxygens (including phenoxy) is 1. The van der Waals surface area contributed by atoms with Gasteiger partial charge in [-0.25, -0.2) is 4.98 Å². The van der Waals surface area contributed by atoms with Gasteiger partial charge in [0.15, 0.2) is 17.3 Å². The number of aromatic nitrogens is 1. The van der Waals surface area contributed by atoms with Crippen LogP contribution in [0.2, 0.25) is 0 Å². The molecule has 0 saturated carbocycles. The van der Waals surface area contributed by atoms with Crippen LogP contribution < -0.4 is 10.1 Å². The summed E-state index contributed by atoms with van der Waals surface area (Å²) < 4.78 is 5.81. The summed E-state index contributed by atoms with van der Waals surface area (Å²) in [5, 5.41) is 27.5. The predicted octanol–water partition coefficient (Wildman–Crippen LogP) is 4.79. The molecule has 1 atom stereocenters. The number of carbonyl (C=O) groups excluding carboxylic acids is 3. The van der Waals surface area contributed by atoms with Gasteiger partial charge in [0.2, 0.25) is 0 Å². The molecule has 1 aliphatic heterocycles. The van der Waals surface area contributed by atoms with Crippen LogP contribution in [0.3, 0.4) is 0 Å². The van der Waals surface area contributed by atoms with Gasteiger partial charge in [0.1, 0.15) is 39.0 Å². The van der Waals surface area contributed by atoms with Gasteiger partial charge in [0.05, 0.1) is 11.1 Å². The van der Waals surface area contributed by atoms with E-state index >= 15 is 0 Å². The van der Waals surface area contributed by atoms with Crippen LogP contribution in [0.25, 0.3) is 10.6 Å². The number of nitrogens with one attached hydrogen (secondary N) is 1. The monoisotopic (exact) mass is 530 g/mol. The first kappa shape index (κ1) is 25.4. The molecule has 9 heteroatoms. The first-order valence-corrected chi connectivity index (χ1v) is 12.9. The maximum atomic E-state index is 13.9. The molecule has 194 valence electrons. The molecule has 38 heavy (non-hydrogen) atoms. The van der Waals surface area contributed by atoms with Gasteiger partial charge >= 0.3 is 0 Å². The van der Waals surface area contributed by atoms with Crippen molar-refractivity contribution in [2.75, 3.05) is 0 Å². The fourth-order valence-corrected chi connectivity index (χ4v) is 5.78. The van der Waals surface area contributed by atoms with Gasteiger partial charge in [-0.1, -0.05) is 18.2 Å². The second kappa shape index (κ2) is 8.95. The molecular weight excluding hydrogens is 504 g/mol. The molecule has 1 aromatic heterocycles. The van der Waals surface area contributed by atoms with E-state index in [9.17, 15) is 24.6 Å². The molecule has 1 unspecified atom stereocenters. The van der Waals surface area contributed by atoms with Gasteiger partial charge in [-0.3, -0.25) is 14.4 Å². The highest BCUT2D eigenvalue weighted by molar-refractivity contribution is 7.13. The summed E-state index contributed by atoms with van der Waals surface area (Å²) in [7, 11) is 0. The Kier molecular flexibility index (Phi) is 5.99. The summed E-state index contributed by atoms with van der Waals surface area (Å²) in [6.07, 6.45) is 1.21. The maximum absolute atomic E-state index is 13.9. The van der Waals surface area contributed by atoms with Crippen molar-refractivity contribution in [3.63, 3.8) is 0 Å². The van der Waals surface area contributed by atoms with Crippen molar-refractivity contribution < 1.29 is 29.3 Å². The van der Waals surface area contributed by atoms with Crippen molar-refractivity contribution in [3.8, 4) is 27.8 Å². The quantitative estimate of drug-likeness (QED) is 0.244. The molecule has 2 heterocycles. The van der Waals surface area contributed by atoms with E-state index in [1.54, 1.807) is 25.2 Å². The van der Waals surface area contributed by atoms with Crippen molar-refractivity contribution in [3.05, 3.63) is 80.7 Å². The number of aryl methyl sites for hydroxylation is 1. The van der Waals surface area contributed by atoms with Crippen LogP contribution >= 0.6 is 11.3 Å². The molecule has 3 N–H and O–H groups in total. The molecule has 0 spiro atoms. The molecule has 3 aromatic rings. The molecule has 1 aliphatic carbocycles. The normalized spacial score (nSPS) is 19.4. The minimum Gasteiger partial charge on any atom is -0.507 e. The molecule has 0 radical (unpaired) electrons. The molecule has 0 fully saturated rings. The average Bonchev–Trinajstić information content (AvgIpc) is 3.43. The Morgan fingerprint density at radius 3 is 2.55 bits per heavy atom. The Bertz CT molecular complexity index is 1630. The zero-order valence-corrected chi connectivity index (χ0v) is 22.4. The number of aromatic hydroxyl groups is 2. The van der Waals surface area contributed by atoms with Crippen molar-refractivity contribution in [1.82, 2.24) is 10.3 Å². The number of phenols is 2. The highest BCUT2D eigenvalue weighted by atomic mass is 32.1. The van der Waals surface area contributed by atoms with Crippen LogP contribution in [0.1, 0.15) is 53.5 Å². The lowest BCUT2D eigenvalue weighted by Gasteiger charge is -2.29. The Labute approximate surface area is 223 Å². The molecule has 2 aromatic carbocycles. The number of carbonyl (C=O) groups is 3. The molecular formula is C29H26N2O6S. The summed E-state index contributed by atoms with van der Waals surface area (Å²) in [6.45, 7) is 8.21. The third-order valence-electron chi connectivity index (χ3n) is 7.11. The minimum atomic E-state index is -1.54. The van der Waals surface area contributed by atoms with E-state index in [0.717, 1.165) is 21.8 Å². The number of rotatable bonds is 5. The summed E-state index contributed by atoms with van der Waals surface area (Å²) >= 11 is 1.56. The van der Waals surface area contributed by atoms with Gasteiger partial charge in [0, 0.05) is 40.5 Å². The SMILES string of the molecule is CC(=O)c1c(O)c(C)c(O)c2c1OC1=CC(=O)C(=C(C)NCc3cccc(-c4nc(C)cs4)c3)C(=O)C12C. The van der Waals surface area contributed by atoms with Crippen LogP contribution in [0, 0.1) is 13.8 Å². The third kappa shape index (κ3) is 3.73. The minimum absolute atomic E-state index is 0.00768. The van der Waals surface area contributed by atoms with Crippen molar-refractivity contribution in [1.29, 1.82) is 0 Å². The third-order valence-corrected chi connectivity index (χ3v) is 8.12.